The Labute approximate surface area is 144 Å². The summed E-state index contributed by atoms with van der Waals surface area (Å²) in [6.07, 6.45) is 6.13. The Bertz CT molecular complexity index is 665. The first-order valence-corrected chi connectivity index (χ1v) is 8.78. The highest BCUT2D eigenvalue weighted by molar-refractivity contribution is 6.14. The van der Waals surface area contributed by atoms with E-state index in [2.05, 4.69) is 19.0 Å². The second-order valence-corrected chi connectivity index (χ2v) is 6.34. The fraction of sp³-hybridized carbons (Fsp3) is 0.381. The van der Waals surface area contributed by atoms with E-state index in [-0.39, 0.29) is 5.75 Å². The van der Waals surface area contributed by atoms with Gasteiger partial charge in [0.25, 0.3) is 0 Å². The third-order valence-corrected chi connectivity index (χ3v) is 4.48. The van der Waals surface area contributed by atoms with E-state index < -0.39 is 0 Å². The van der Waals surface area contributed by atoms with Gasteiger partial charge < -0.3 is 10.3 Å². The lowest BCUT2D eigenvalue weighted by molar-refractivity contribution is 0.319. The van der Waals surface area contributed by atoms with Crippen LogP contribution in [0.2, 0.25) is 0 Å². The summed E-state index contributed by atoms with van der Waals surface area (Å²) in [6.45, 7) is 4.41. The smallest absolute Gasteiger partial charge is 0.125 e. The standard InChI is InChI=1S/C21H27NO2/c1-3-4-5-7-10-16(2)18-13-14-19(20(23)15-18)21(22-24)17-11-8-6-9-12-17/h6,8-9,11-16,23-24H,3-5,7,10H2,1-2H3/b22-21+. The molecule has 0 saturated heterocycles. The lowest BCUT2D eigenvalue weighted by Gasteiger charge is -2.14. The first-order chi connectivity index (χ1) is 11.7. The van der Waals surface area contributed by atoms with Crippen LogP contribution in [0.5, 0.6) is 5.75 Å². The number of hydrogen-bond acceptors (Lipinski definition) is 3. The molecule has 2 aromatic carbocycles. The summed E-state index contributed by atoms with van der Waals surface area (Å²) < 4.78 is 0. The maximum absolute atomic E-state index is 10.4. The van der Waals surface area contributed by atoms with Crippen molar-refractivity contribution in [3.63, 3.8) is 0 Å². The number of aromatic hydroxyl groups is 1. The molecule has 0 aromatic heterocycles. The molecule has 128 valence electrons. The van der Waals surface area contributed by atoms with Crippen LogP contribution in [0, 0.1) is 0 Å². The Hall–Kier alpha value is -2.29. The van der Waals surface area contributed by atoms with Gasteiger partial charge in [0.1, 0.15) is 11.5 Å². The molecule has 1 unspecified atom stereocenters. The normalized spacial score (nSPS) is 13.0. The largest absolute Gasteiger partial charge is 0.507 e. The van der Waals surface area contributed by atoms with Gasteiger partial charge in [-0.15, -0.1) is 0 Å². The Morgan fingerprint density at radius 3 is 2.42 bits per heavy atom. The fourth-order valence-electron chi connectivity index (χ4n) is 2.96. The minimum absolute atomic E-state index is 0.157. The molecule has 3 heteroatoms. The first-order valence-electron chi connectivity index (χ1n) is 8.78. The average molecular weight is 325 g/mol. The number of phenols is 1. The number of nitrogens with zero attached hydrogens (tertiary/aromatic N) is 1. The topological polar surface area (TPSA) is 52.8 Å². The third kappa shape index (κ3) is 4.60. The summed E-state index contributed by atoms with van der Waals surface area (Å²) in [5.41, 5.74) is 2.83. The van der Waals surface area contributed by atoms with Crippen LogP contribution in [0.15, 0.2) is 53.7 Å². The second-order valence-electron chi connectivity index (χ2n) is 6.34. The molecule has 0 amide bonds. The van der Waals surface area contributed by atoms with E-state index in [9.17, 15) is 10.3 Å². The molecule has 2 aromatic rings. The lowest BCUT2D eigenvalue weighted by Crippen LogP contribution is -2.04. The molecule has 0 saturated carbocycles. The number of benzene rings is 2. The Morgan fingerprint density at radius 1 is 1.04 bits per heavy atom. The van der Waals surface area contributed by atoms with Crippen molar-refractivity contribution in [2.45, 2.75) is 51.9 Å². The summed E-state index contributed by atoms with van der Waals surface area (Å²) in [6, 6.07) is 15.0. The number of oxime groups is 1. The average Bonchev–Trinajstić information content (AvgIpc) is 2.61. The van der Waals surface area contributed by atoms with E-state index in [1.807, 2.05) is 42.5 Å². The maximum atomic E-state index is 10.4. The molecule has 0 heterocycles. The molecule has 0 bridgehead atoms. The second kappa shape index (κ2) is 9.11. The van der Waals surface area contributed by atoms with Gasteiger partial charge in [-0.05, 0) is 30.0 Å². The van der Waals surface area contributed by atoms with E-state index in [0.29, 0.717) is 17.2 Å². The van der Waals surface area contributed by atoms with Gasteiger partial charge in [-0.3, -0.25) is 0 Å². The molecule has 24 heavy (non-hydrogen) atoms. The highest BCUT2D eigenvalue weighted by atomic mass is 16.4. The molecule has 2 N–H and O–H groups in total. The Balaban J connectivity index is 2.14. The number of phenolic OH excluding ortho intramolecular Hbond substituents is 1. The zero-order chi connectivity index (χ0) is 17.4. The van der Waals surface area contributed by atoms with E-state index >= 15 is 0 Å². The molecule has 0 aliphatic rings. The van der Waals surface area contributed by atoms with Gasteiger partial charge in [-0.2, -0.15) is 0 Å². The number of hydrogen-bond donors (Lipinski definition) is 2. The first kappa shape index (κ1) is 18.1. The van der Waals surface area contributed by atoms with Crippen molar-refractivity contribution in [3.05, 3.63) is 65.2 Å². The van der Waals surface area contributed by atoms with Gasteiger partial charge in [-0.25, -0.2) is 0 Å². The highest BCUT2D eigenvalue weighted by Gasteiger charge is 2.14. The van der Waals surface area contributed by atoms with E-state index in [1.165, 1.54) is 25.7 Å². The van der Waals surface area contributed by atoms with E-state index in [0.717, 1.165) is 17.5 Å². The molecule has 0 radical (unpaired) electrons. The molecule has 3 nitrogen and oxygen atoms in total. The van der Waals surface area contributed by atoms with Crippen LogP contribution in [-0.2, 0) is 0 Å². The van der Waals surface area contributed by atoms with Crippen LogP contribution in [0.3, 0.4) is 0 Å². The Kier molecular flexibility index (Phi) is 6.86. The van der Waals surface area contributed by atoms with Crippen molar-refractivity contribution in [1.82, 2.24) is 0 Å². The highest BCUT2D eigenvalue weighted by Crippen LogP contribution is 2.29. The van der Waals surface area contributed by atoms with Crippen LogP contribution in [0.1, 0.15) is 68.6 Å². The van der Waals surface area contributed by atoms with E-state index in [1.54, 1.807) is 6.07 Å². The predicted octanol–water partition coefficient (Wildman–Crippen LogP) is 5.69. The number of rotatable bonds is 8. The van der Waals surface area contributed by atoms with E-state index in [4.69, 9.17) is 0 Å². The quantitative estimate of drug-likeness (QED) is 0.283. The summed E-state index contributed by atoms with van der Waals surface area (Å²) in [5.74, 6) is 0.567. The van der Waals surface area contributed by atoms with Gasteiger partial charge in [-0.1, -0.05) is 81.1 Å². The fourth-order valence-corrected chi connectivity index (χ4v) is 2.96. The minimum atomic E-state index is 0.157. The van der Waals surface area contributed by atoms with Gasteiger partial charge in [0.2, 0.25) is 0 Å². The SMILES string of the molecule is CCCCCCC(C)c1ccc(/C(=N/O)c2ccccc2)c(O)c1. The van der Waals surface area contributed by atoms with Crippen molar-refractivity contribution in [3.8, 4) is 5.75 Å². The van der Waals surface area contributed by atoms with Crippen LogP contribution < -0.4 is 0 Å². The lowest BCUT2D eigenvalue weighted by atomic mass is 9.92. The van der Waals surface area contributed by atoms with Gasteiger partial charge >= 0.3 is 0 Å². The molecule has 2 rings (SSSR count). The molecule has 0 spiro atoms. The van der Waals surface area contributed by atoms with Crippen molar-refractivity contribution < 1.29 is 10.3 Å². The van der Waals surface area contributed by atoms with Gasteiger partial charge in [0, 0.05) is 11.1 Å². The molecule has 0 aliphatic carbocycles. The molecular formula is C21H27NO2. The zero-order valence-corrected chi connectivity index (χ0v) is 14.6. The molecule has 0 aliphatic heterocycles. The Morgan fingerprint density at radius 2 is 1.79 bits per heavy atom. The summed E-state index contributed by atoms with van der Waals surface area (Å²) in [4.78, 5) is 0. The van der Waals surface area contributed by atoms with Crippen LogP contribution >= 0.6 is 0 Å². The molecule has 0 fully saturated rings. The van der Waals surface area contributed by atoms with Crippen molar-refractivity contribution >= 4 is 5.71 Å². The summed E-state index contributed by atoms with van der Waals surface area (Å²) in [7, 11) is 0. The summed E-state index contributed by atoms with van der Waals surface area (Å²) in [5, 5.41) is 23.2. The predicted molar refractivity (Wildman–Crippen MR) is 99.1 cm³/mol. The molecule has 1 atom stereocenters. The van der Waals surface area contributed by atoms with Crippen molar-refractivity contribution in [2.24, 2.45) is 5.16 Å². The van der Waals surface area contributed by atoms with Gasteiger partial charge in [0.15, 0.2) is 0 Å². The van der Waals surface area contributed by atoms with Crippen molar-refractivity contribution in [2.75, 3.05) is 0 Å². The van der Waals surface area contributed by atoms with Gasteiger partial charge in [0.05, 0.1) is 0 Å². The molecular weight excluding hydrogens is 298 g/mol. The third-order valence-electron chi connectivity index (χ3n) is 4.48. The van der Waals surface area contributed by atoms with Crippen LogP contribution in [0.25, 0.3) is 0 Å². The minimum Gasteiger partial charge on any atom is -0.507 e. The number of unbranched alkanes of at least 4 members (excludes halogenated alkanes) is 3. The van der Waals surface area contributed by atoms with Crippen LogP contribution in [-0.4, -0.2) is 16.0 Å². The maximum Gasteiger partial charge on any atom is 0.125 e. The van der Waals surface area contributed by atoms with Crippen molar-refractivity contribution in [1.29, 1.82) is 0 Å². The van der Waals surface area contributed by atoms with Crippen LogP contribution in [0.4, 0.5) is 0 Å². The summed E-state index contributed by atoms with van der Waals surface area (Å²) >= 11 is 0. The monoisotopic (exact) mass is 325 g/mol. The zero-order valence-electron chi connectivity index (χ0n) is 14.6.